The summed E-state index contributed by atoms with van der Waals surface area (Å²) < 4.78 is 5.31. The molecule has 1 aliphatic rings. The minimum atomic E-state index is -1.03. The molecule has 0 aliphatic carbocycles. The number of urea groups is 1. The molecule has 1 aliphatic heterocycles. The molecule has 0 radical (unpaired) electrons. The second-order valence-corrected chi connectivity index (χ2v) is 7.14. The first-order valence-corrected chi connectivity index (χ1v) is 9.48. The molecule has 1 fully saturated rings. The van der Waals surface area contributed by atoms with Crippen molar-refractivity contribution in [1.82, 2.24) is 20.4 Å². The van der Waals surface area contributed by atoms with Gasteiger partial charge in [0.1, 0.15) is 12.1 Å². The zero-order valence-corrected chi connectivity index (χ0v) is 16.1. The average Bonchev–Trinajstić information content (AvgIpc) is 3.37. The Bertz CT molecular complexity index is 841. The molecule has 3 rings (SSSR count). The molecule has 0 spiro atoms. The van der Waals surface area contributed by atoms with Gasteiger partial charge in [0.2, 0.25) is 5.89 Å². The van der Waals surface area contributed by atoms with Gasteiger partial charge in [-0.3, -0.25) is 0 Å². The monoisotopic (exact) mass is 403 g/mol. The highest BCUT2D eigenvalue weighted by Gasteiger charge is 2.35. The number of rotatable bonds is 7. The van der Waals surface area contributed by atoms with Crippen molar-refractivity contribution in [3.63, 3.8) is 0 Å². The fraction of sp³-hybridized carbons (Fsp3) is 0.474. The Morgan fingerprint density at radius 3 is 2.76 bits per heavy atom. The molecule has 0 bridgehead atoms. The summed E-state index contributed by atoms with van der Waals surface area (Å²) in [5, 5.41) is 25.6. The van der Waals surface area contributed by atoms with Gasteiger partial charge in [0.25, 0.3) is 0 Å². The number of nitrogens with two attached hydrogens (primary N) is 1. The van der Waals surface area contributed by atoms with E-state index in [4.69, 9.17) is 10.3 Å². The summed E-state index contributed by atoms with van der Waals surface area (Å²) in [6.07, 6.45) is 0.536. The Morgan fingerprint density at radius 2 is 2.10 bits per heavy atom. The first kappa shape index (κ1) is 20.7. The molecule has 5 N–H and O–H groups in total. The minimum absolute atomic E-state index is 0.131. The van der Waals surface area contributed by atoms with Crippen LogP contribution in [0.15, 0.2) is 34.9 Å². The van der Waals surface area contributed by atoms with Crippen molar-refractivity contribution in [3.05, 3.63) is 47.6 Å². The maximum absolute atomic E-state index is 12.8. The number of amides is 2. The van der Waals surface area contributed by atoms with Crippen LogP contribution >= 0.6 is 0 Å². The number of aliphatic hydroxyl groups excluding tert-OH is 1. The number of carbonyl (C=O) groups excluding carboxylic acids is 1. The van der Waals surface area contributed by atoms with E-state index in [-0.39, 0.29) is 11.7 Å². The highest BCUT2D eigenvalue weighted by atomic mass is 16.5. The van der Waals surface area contributed by atoms with Crippen molar-refractivity contribution >= 4 is 12.0 Å². The lowest BCUT2D eigenvalue weighted by molar-refractivity contribution is -0.141. The molecule has 10 heteroatoms. The number of carboxylic acid groups (broad SMARTS) is 1. The number of aliphatic carboxylic acids is 1. The van der Waals surface area contributed by atoms with Crippen molar-refractivity contribution in [1.29, 1.82) is 0 Å². The summed E-state index contributed by atoms with van der Waals surface area (Å²) in [7, 11) is 0. The van der Waals surface area contributed by atoms with E-state index in [2.05, 4.69) is 15.5 Å². The van der Waals surface area contributed by atoms with E-state index >= 15 is 0 Å². The number of aliphatic hydroxyl groups is 1. The van der Waals surface area contributed by atoms with Crippen LogP contribution in [0, 0.1) is 0 Å². The SMILES string of the molecule is CC(O)C(N)c1noc([C@H](Cc2ccccc2)NC(=O)N2CCCC2C(=O)O)n1. The summed E-state index contributed by atoms with van der Waals surface area (Å²) in [4.78, 5) is 29.7. The number of likely N-dealkylation sites (tertiary alicyclic amines) is 1. The third kappa shape index (κ3) is 4.90. The summed E-state index contributed by atoms with van der Waals surface area (Å²) in [5.41, 5.74) is 6.78. The minimum Gasteiger partial charge on any atom is -0.480 e. The van der Waals surface area contributed by atoms with E-state index in [1.54, 1.807) is 0 Å². The molecular formula is C19H25N5O5. The molecule has 2 heterocycles. The quantitative estimate of drug-likeness (QED) is 0.533. The maximum Gasteiger partial charge on any atom is 0.326 e. The molecule has 1 aromatic heterocycles. The Labute approximate surface area is 167 Å². The molecule has 4 atom stereocenters. The molecule has 156 valence electrons. The first-order chi connectivity index (χ1) is 13.9. The van der Waals surface area contributed by atoms with Gasteiger partial charge in [0.15, 0.2) is 5.82 Å². The Balaban J connectivity index is 1.82. The predicted molar refractivity (Wildman–Crippen MR) is 102 cm³/mol. The zero-order valence-electron chi connectivity index (χ0n) is 16.1. The van der Waals surface area contributed by atoms with Gasteiger partial charge in [-0.2, -0.15) is 4.98 Å². The average molecular weight is 403 g/mol. The van der Waals surface area contributed by atoms with E-state index in [1.165, 1.54) is 11.8 Å². The Morgan fingerprint density at radius 1 is 1.38 bits per heavy atom. The van der Waals surface area contributed by atoms with Crippen LogP contribution in [-0.4, -0.2) is 55.9 Å². The lowest BCUT2D eigenvalue weighted by Crippen LogP contribution is -2.47. The standard InChI is InChI=1S/C19H25N5O5/c1-11(25)15(20)16-22-17(29-23-16)13(10-12-6-3-2-4-7-12)21-19(28)24-9-5-8-14(24)18(26)27/h2-4,6-7,11,13-15,25H,5,8-10,20H2,1H3,(H,21,28)(H,26,27)/t11?,13-,14?,15?/m0/s1. The number of nitrogens with zero attached hydrogens (tertiary/aromatic N) is 3. The van der Waals surface area contributed by atoms with Crippen LogP contribution in [0.2, 0.25) is 0 Å². The summed E-state index contributed by atoms with van der Waals surface area (Å²) in [6.45, 7) is 1.88. The van der Waals surface area contributed by atoms with Crippen molar-refractivity contribution in [2.24, 2.45) is 5.73 Å². The first-order valence-electron chi connectivity index (χ1n) is 9.48. The van der Waals surface area contributed by atoms with Gasteiger partial charge < -0.3 is 30.7 Å². The van der Waals surface area contributed by atoms with Gasteiger partial charge >= 0.3 is 12.0 Å². The van der Waals surface area contributed by atoms with E-state index in [1.807, 2.05) is 30.3 Å². The number of hydrogen-bond acceptors (Lipinski definition) is 7. The number of carboxylic acids is 1. The second-order valence-electron chi connectivity index (χ2n) is 7.14. The lowest BCUT2D eigenvalue weighted by atomic mass is 10.1. The van der Waals surface area contributed by atoms with Gasteiger partial charge in [-0.1, -0.05) is 35.5 Å². The van der Waals surface area contributed by atoms with Crippen molar-refractivity contribution in [3.8, 4) is 0 Å². The van der Waals surface area contributed by atoms with Gasteiger partial charge in [-0.15, -0.1) is 0 Å². The molecule has 2 amide bonds. The number of carbonyl (C=O) groups is 2. The number of benzene rings is 1. The zero-order chi connectivity index (χ0) is 21.0. The fourth-order valence-corrected chi connectivity index (χ4v) is 3.29. The van der Waals surface area contributed by atoms with Gasteiger partial charge in [0, 0.05) is 13.0 Å². The van der Waals surface area contributed by atoms with Crippen LogP contribution in [-0.2, 0) is 11.2 Å². The molecule has 0 saturated carbocycles. The van der Waals surface area contributed by atoms with Crippen LogP contribution < -0.4 is 11.1 Å². The molecule has 3 unspecified atom stereocenters. The molecule has 2 aromatic rings. The van der Waals surface area contributed by atoms with E-state index in [0.29, 0.717) is 25.8 Å². The number of hydrogen-bond donors (Lipinski definition) is 4. The highest BCUT2D eigenvalue weighted by Crippen LogP contribution is 2.22. The fourth-order valence-electron chi connectivity index (χ4n) is 3.29. The van der Waals surface area contributed by atoms with E-state index in [9.17, 15) is 19.8 Å². The summed E-state index contributed by atoms with van der Waals surface area (Å²) in [6, 6.07) is 6.56. The third-order valence-electron chi connectivity index (χ3n) is 4.95. The highest BCUT2D eigenvalue weighted by molar-refractivity contribution is 5.83. The smallest absolute Gasteiger partial charge is 0.326 e. The lowest BCUT2D eigenvalue weighted by Gasteiger charge is -2.24. The van der Waals surface area contributed by atoms with Crippen LogP contribution in [0.3, 0.4) is 0 Å². The number of aromatic nitrogens is 2. The predicted octanol–water partition coefficient (Wildman–Crippen LogP) is 0.993. The van der Waals surface area contributed by atoms with Gasteiger partial charge in [-0.25, -0.2) is 9.59 Å². The maximum atomic E-state index is 12.8. The normalized spacial score (nSPS) is 19.6. The van der Waals surface area contributed by atoms with Crippen LogP contribution in [0.5, 0.6) is 0 Å². The van der Waals surface area contributed by atoms with Gasteiger partial charge in [-0.05, 0) is 25.3 Å². The Kier molecular flexibility index (Phi) is 6.45. The Hall–Kier alpha value is -2.98. The van der Waals surface area contributed by atoms with Gasteiger partial charge in [0.05, 0.1) is 12.1 Å². The van der Waals surface area contributed by atoms with E-state index < -0.39 is 36.2 Å². The summed E-state index contributed by atoms with van der Waals surface area (Å²) >= 11 is 0. The van der Waals surface area contributed by atoms with Crippen LogP contribution in [0.4, 0.5) is 4.79 Å². The van der Waals surface area contributed by atoms with Crippen LogP contribution in [0.25, 0.3) is 0 Å². The topological polar surface area (TPSA) is 155 Å². The molecular weight excluding hydrogens is 378 g/mol. The molecule has 1 saturated heterocycles. The van der Waals surface area contributed by atoms with Crippen molar-refractivity contribution < 1.29 is 24.3 Å². The molecule has 1 aromatic carbocycles. The van der Waals surface area contributed by atoms with E-state index in [0.717, 1.165) is 5.56 Å². The van der Waals surface area contributed by atoms with Crippen LogP contribution in [0.1, 0.15) is 49.1 Å². The third-order valence-corrected chi connectivity index (χ3v) is 4.95. The van der Waals surface area contributed by atoms with Crippen molar-refractivity contribution in [2.45, 2.75) is 50.4 Å². The molecule has 10 nitrogen and oxygen atoms in total. The second kappa shape index (κ2) is 9.01. The summed E-state index contributed by atoms with van der Waals surface area (Å²) in [5.74, 6) is -0.758. The number of nitrogens with one attached hydrogen (secondary N) is 1. The largest absolute Gasteiger partial charge is 0.480 e. The molecule has 29 heavy (non-hydrogen) atoms. The van der Waals surface area contributed by atoms with Crippen molar-refractivity contribution in [2.75, 3.05) is 6.54 Å².